The molecule has 0 spiro atoms. The molecule has 0 fully saturated rings. The highest BCUT2D eigenvalue weighted by Gasteiger charge is 2.10. The standard InChI is InChI=1S/C15H15NO3S/c1-11-4-6-12(7-5-11)19-9-10-20-14-13(15(17)18)3-2-8-16-14/h2-8H,9-10H2,1H3,(H,17,18). The number of thioether (sulfide) groups is 1. The van der Waals surface area contributed by atoms with E-state index in [-0.39, 0.29) is 5.56 Å². The quantitative estimate of drug-likeness (QED) is 0.653. The van der Waals surface area contributed by atoms with E-state index in [0.29, 0.717) is 17.4 Å². The van der Waals surface area contributed by atoms with Crippen molar-refractivity contribution in [1.29, 1.82) is 0 Å². The molecule has 0 bridgehead atoms. The first-order chi connectivity index (χ1) is 9.66. The van der Waals surface area contributed by atoms with Gasteiger partial charge in [0.2, 0.25) is 0 Å². The third-order valence-corrected chi connectivity index (χ3v) is 3.58. The molecule has 20 heavy (non-hydrogen) atoms. The normalized spacial score (nSPS) is 10.2. The van der Waals surface area contributed by atoms with E-state index in [9.17, 15) is 4.79 Å². The summed E-state index contributed by atoms with van der Waals surface area (Å²) in [4.78, 5) is 15.1. The lowest BCUT2D eigenvalue weighted by atomic mass is 10.2. The third kappa shape index (κ3) is 3.99. The second kappa shape index (κ2) is 6.96. The summed E-state index contributed by atoms with van der Waals surface area (Å²) in [6.07, 6.45) is 1.59. The molecule has 5 heteroatoms. The van der Waals surface area contributed by atoms with E-state index >= 15 is 0 Å². The van der Waals surface area contributed by atoms with Gasteiger partial charge in [0, 0.05) is 11.9 Å². The molecule has 2 rings (SSSR count). The Kier molecular flexibility index (Phi) is 5.01. The monoisotopic (exact) mass is 289 g/mol. The minimum Gasteiger partial charge on any atom is -0.493 e. The van der Waals surface area contributed by atoms with Crippen molar-refractivity contribution < 1.29 is 14.6 Å². The van der Waals surface area contributed by atoms with Gasteiger partial charge >= 0.3 is 5.97 Å². The van der Waals surface area contributed by atoms with Crippen LogP contribution in [0.5, 0.6) is 5.75 Å². The Balaban J connectivity index is 1.84. The first-order valence-corrected chi connectivity index (χ1v) is 7.16. The minimum absolute atomic E-state index is 0.229. The van der Waals surface area contributed by atoms with Crippen molar-refractivity contribution in [2.45, 2.75) is 11.9 Å². The Labute approximate surface area is 121 Å². The van der Waals surface area contributed by atoms with Crippen molar-refractivity contribution in [3.05, 3.63) is 53.7 Å². The van der Waals surface area contributed by atoms with E-state index in [1.807, 2.05) is 31.2 Å². The molecule has 1 aromatic carbocycles. The Morgan fingerprint density at radius 3 is 2.75 bits per heavy atom. The van der Waals surface area contributed by atoms with Gasteiger partial charge in [0.05, 0.1) is 12.2 Å². The molecular formula is C15H15NO3S. The summed E-state index contributed by atoms with van der Waals surface area (Å²) < 4.78 is 5.59. The molecule has 0 atom stereocenters. The highest BCUT2D eigenvalue weighted by Crippen LogP contribution is 2.20. The summed E-state index contributed by atoms with van der Waals surface area (Å²) in [5.41, 5.74) is 1.42. The van der Waals surface area contributed by atoms with Gasteiger partial charge in [-0.3, -0.25) is 0 Å². The SMILES string of the molecule is Cc1ccc(OCCSc2ncccc2C(=O)O)cc1. The zero-order chi connectivity index (χ0) is 14.4. The number of carboxylic acids is 1. The Bertz CT molecular complexity index is 584. The van der Waals surface area contributed by atoms with Crippen LogP contribution in [0.15, 0.2) is 47.6 Å². The molecule has 0 saturated heterocycles. The molecule has 0 aliphatic rings. The lowest BCUT2D eigenvalue weighted by molar-refractivity contribution is 0.0692. The van der Waals surface area contributed by atoms with Gasteiger partial charge in [0.15, 0.2) is 0 Å². The van der Waals surface area contributed by atoms with Crippen molar-refractivity contribution in [3.63, 3.8) is 0 Å². The molecule has 0 amide bonds. The fraction of sp³-hybridized carbons (Fsp3) is 0.200. The second-order valence-corrected chi connectivity index (χ2v) is 5.25. The lowest BCUT2D eigenvalue weighted by Gasteiger charge is -2.07. The van der Waals surface area contributed by atoms with E-state index in [4.69, 9.17) is 9.84 Å². The maximum Gasteiger partial charge on any atom is 0.338 e. The van der Waals surface area contributed by atoms with Crippen LogP contribution in [0.25, 0.3) is 0 Å². The van der Waals surface area contributed by atoms with Crippen LogP contribution in [0.4, 0.5) is 0 Å². The topological polar surface area (TPSA) is 59.4 Å². The number of aryl methyl sites for hydroxylation is 1. The van der Waals surface area contributed by atoms with Crippen LogP contribution in [-0.2, 0) is 0 Å². The highest BCUT2D eigenvalue weighted by atomic mass is 32.2. The first kappa shape index (κ1) is 14.4. The van der Waals surface area contributed by atoms with Gasteiger partial charge in [-0.25, -0.2) is 9.78 Å². The van der Waals surface area contributed by atoms with E-state index in [1.165, 1.54) is 17.3 Å². The summed E-state index contributed by atoms with van der Waals surface area (Å²) in [7, 11) is 0. The predicted octanol–water partition coefficient (Wildman–Crippen LogP) is 3.26. The summed E-state index contributed by atoms with van der Waals surface area (Å²) in [6, 6.07) is 11.0. The number of carboxylic acid groups (broad SMARTS) is 1. The van der Waals surface area contributed by atoms with E-state index in [1.54, 1.807) is 18.3 Å². The number of aromatic carboxylic acids is 1. The number of carbonyl (C=O) groups is 1. The van der Waals surface area contributed by atoms with Crippen molar-refractivity contribution in [1.82, 2.24) is 4.98 Å². The average Bonchev–Trinajstić information content (AvgIpc) is 2.46. The molecule has 0 saturated carbocycles. The predicted molar refractivity (Wildman–Crippen MR) is 78.6 cm³/mol. The number of pyridine rings is 1. The maximum atomic E-state index is 11.0. The Hall–Kier alpha value is -2.01. The van der Waals surface area contributed by atoms with Crippen LogP contribution in [0, 0.1) is 6.92 Å². The van der Waals surface area contributed by atoms with Gasteiger partial charge < -0.3 is 9.84 Å². The van der Waals surface area contributed by atoms with Crippen molar-refractivity contribution in [2.75, 3.05) is 12.4 Å². The Morgan fingerprint density at radius 1 is 1.30 bits per heavy atom. The molecule has 1 heterocycles. The maximum absolute atomic E-state index is 11.0. The van der Waals surface area contributed by atoms with Crippen LogP contribution < -0.4 is 4.74 Å². The van der Waals surface area contributed by atoms with Crippen molar-refractivity contribution >= 4 is 17.7 Å². The fourth-order valence-corrected chi connectivity index (χ4v) is 2.41. The number of rotatable bonds is 6. The van der Waals surface area contributed by atoms with E-state index in [2.05, 4.69) is 4.98 Å². The van der Waals surface area contributed by atoms with Crippen molar-refractivity contribution in [3.8, 4) is 5.75 Å². The molecule has 1 aromatic heterocycles. The molecule has 0 aliphatic heterocycles. The van der Waals surface area contributed by atoms with Crippen LogP contribution in [0.3, 0.4) is 0 Å². The molecule has 4 nitrogen and oxygen atoms in total. The molecule has 2 aromatic rings. The molecule has 104 valence electrons. The molecule has 0 aliphatic carbocycles. The van der Waals surface area contributed by atoms with Crippen LogP contribution in [-0.4, -0.2) is 28.4 Å². The molecule has 0 radical (unpaired) electrons. The molecule has 1 N–H and O–H groups in total. The smallest absolute Gasteiger partial charge is 0.338 e. The van der Waals surface area contributed by atoms with Crippen molar-refractivity contribution in [2.24, 2.45) is 0 Å². The van der Waals surface area contributed by atoms with Gasteiger partial charge in [-0.2, -0.15) is 0 Å². The number of hydrogen-bond donors (Lipinski definition) is 1. The largest absolute Gasteiger partial charge is 0.493 e. The average molecular weight is 289 g/mol. The van der Waals surface area contributed by atoms with Crippen LogP contribution >= 0.6 is 11.8 Å². The lowest BCUT2D eigenvalue weighted by Crippen LogP contribution is -2.04. The van der Waals surface area contributed by atoms with Crippen LogP contribution in [0.1, 0.15) is 15.9 Å². The molecular weight excluding hydrogens is 274 g/mol. The number of hydrogen-bond acceptors (Lipinski definition) is 4. The highest BCUT2D eigenvalue weighted by molar-refractivity contribution is 7.99. The summed E-state index contributed by atoms with van der Waals surface area (Å²) in [5, 5.41) is 9.56. The fourth-order valence-electron chi connectivity index (χ4n) is 1.60. The van der Waals surface area contributed by atoms with Crippen LogP contribution in [0.2, 0.25) is 0 Å². The number of nitrogens with zero attached hydrogens (tertiary/aromatic N) is 1. The second-order valence-electron chi connectivity index (χ2n) is 4.17. The molecule has 0 unspecified atom stereocenters. The van der Waals surface area contributed by atoms with E-state index in [0.717, 1.165) is 5.75 Å². The van der Waals surface area contributed by atoms with Gasteiger partial charge in [0.1, 0.15) is 10.8 Å². The summed E-state index contributed by atoms with van der Waals surface area (Å²) in [6.45, 7) is 2.53. The van der Waals surface area contributed by atoms with E-state index < -0.39 is 5.97 Å². The minimum atomic E-state index is -0.958. The zero-order valence-corrected chi connectivity index (χ0v) is 11.9. The van der Waals surface area contributed by atoms with Gasteiger partial charge in [-0.15, -0.1) is 11.8 Å². The summed E-state index contributed by atoms with van der Waals surface area (Å²) in [5.74, 6) is 0.501. The number of aromatic nitrogens is 1. The number of benzene rings is 1. The van der Waals surface area contributed by atoms with Gasteiger partial charge in [-0.05, 0) is 31.2 Å². The van der Waals surface area contributed by atoms with Gasteiger partial charge in [0.25, 0.3) is 0 Å². The number of ether oxygens (including phenoxy) is 1. The van der Waals surface area contributed by atoms with Gasteiger partial charge in [-0.1, -0.05) is 17.7 Å². The Morgan fingerprint density at radius 2 is 2.05 bits per heavy atom. The zero-order valence-electron chi connectivity index (χ0n) is 11.1. The third-order valence-electron chi connectivity index (χ3n) is 2.61. The summed E-state index contributed by atoms with van der Waals surface area (Å²) >= 11 is 1.38. The first-order valence-electron chi connectivity index (χ1n) is 6.17.